The Labute approximate surface area is 142 Å². The van der Waals surface area contributed by atoms with E-state index in [1.165, 1.54) is 0 Å². The Bertz CT molecular complexity index is 550. The maximum atomic E-state index is 11.4. The Morgan fingerprint density at radius 3 is 2.36 bits per heavy atom. The summed E-state index contributed by atoms with van der Waals surface area (Å²) in [7, 11) is -1.89. The van der Waals surface area contributed by atoms with Gasteiger partial charge in [0.05, 0.1) is 5.56 Å². The predicted molar refractivity (Wildman–Crippen MR) is 94.5 cm³/mol. The van der Waals surface area contributed by atoms with E-state index in [1.54, 1.807) is 19.1 Å². The summed E-state index contributed by atoms with van der Waals surface area (Å²) in [6, 6.07) is 3.56. The molecule has 0 aliphatic carbocycles. The second-order valence-electron chi connectivity index (χ2n) is 6.84. The summed E-state index contributed by atoms with van der Waals surface area (Å²) < 4.78 is 11.7. The molecule has 4 nitrogen and oxygen atoms in total. The molecule has 0 radical (unpaired) electrons. The van der Waals surface area contributed by atoms with E-state index >= 15 is 0 Å². The third-order valence-electron chi connectivity index (χ3n) is 4.27. The average molecular weight is 389 g/mol. The quantitative estimate of drug-likeness (QED) is 0.425. The minimum atomic E-state index is -1.89. The number of alkyl halides is 1. The third-order valence-corrected chi connectivity index (χ3v) is 9.28. The topological polar surface area (TPSA) is 55.8 Å². The van der Waals surface area contributed by atoms with Crippen molar-refractivity contribution in [3.63, 3.8) is 0 Å². The molecule has 0 saturated heterocycles. The second kappa shape index (κ2) is 7.15. The van der Waals surface area contributed by atoms with E-state index in [-0.39, 0.29) is 11.8 Å². The molecule has 0 amide bonds. The molecular weight excluding hydrogens is 364 g/mol. The maximum Gasteiger partial charge on any atom is 0.336 e. The van der Waals surface area contributed by atoms with E-state index in [0.717, 1.165) is 5.56 Å². The Kier molecular flexibility index (Phi) is 6.24. The van der Waals surface area contributed by atoms with Gasteiger partial charge in [0, 0.05) is 10.9 Å². The molecule has 124 valence electrons. The number of aryl methyl sites for hydroxylation is 1. The van der Waals surface area contributed by atoms with Crippen molar-refractivity contribution in [3.05, 3.63) is 28.8 Å². The molecule has 0 fully saturated rings. The highest BCUT2D eigenvalue weighted by molar-refractivity contribution is 9.08. The number of hydrogen-bond acceptors (Lipinski definition) is 3. The highest BCUT2D eigenvalue weighted by atomic mass is 79.9. The first-order valence-electron chi connectivity index (χ1n) is 7.19. The zero-order chi connectivity index (χ0) is 17.1. The Balaban J connectivity index is 2.92. The fraction of sp³-hybridized carbons (Fsp3) is 0.562. The van der Waals surface area contributed by atoms with Crippen molar-refractivity contribution in [2.75, 3.05) is 6.79 Å². The molecule has 1 aromatic carbocycles. The number of carboxylic acid groups (broad SMARTS) is 1. The summed E-state index contributed by atoms with van der Waals surface area (Å²) in [5, 5.41) is 9.89. The van der Waals surface area contributed by atoms with Crippen LogP contribution in [-0.2, 0) is 9.76 Å². The van der Waals surface area contributed by atoms with Gasteiger partial charge in [-0.15, -0.1) is 0 Å². The maximum absolute atomic E-state index is 11.4. The summed E-state index contributed by atoms with van der Waals surface area (Å²) >= 11 is 3.35. The molecule has 0 spiro atoms. The first kappa shape index (κ1) is 19.2. The first-order chi connectivity index (χ1) is 10.0. The summed E-state index contributed by atoms with van der Waals surface area (Å²) in [4.78, 5) is 11.4. The van der Waals surface area contributed by atoms with Crippen LogP contribution in [0.2, 0.25) is 18.1 Å². The lowest BCUT2D eigenvalue weighted by Crippen LogP contribution is -2.41. The van der Waals surface area contributed by atoms with Crippen LogP contribution in [0.15, 0.2) is 12.1 Å². The minimum absolute atomic E-state index is 0.105. The number of ether oxygens (including phenoxy) is 1. The summed E-state index contributed by atoms with van der Waals surface area (Å²) in [5.74, 6) is -0.388. The van der Waals surface area contributed by atoms with Gasteiger partial charge in [-0.05, 0) is 36.7 Å². The van der Waals surface area contributed by atoms with Crippen LogP contribution >= 0.6 is 15.9 Å². The van der Waals surface area contributed by atoms with Gasteiger partial charge in [0.15, 0.2) is 15.1 Å². The highest BCUT2D eigenvalue weighted by Gasteiger charge is 2.37. The van der Waals surface area contributed by atoms with Crippen LogP contribution in [0.5, 0.6) is 5.75 Å². The fourth-order valence-electron chi connectivity index (χ4n) is 1.77. The lowest BCUT2D eigenvalue weighted by molar-refractivity contribution is 0.0692. The average Bonchev–Trinajstić information content (AvgIpc) is 2.37. The van der Waals surface area contributed by atoms with Crippen LogP contribution < -0.4 is 4.74 Å². The molecule has 1 rings (SSSR count). The first-order valence-corrected chi connectivity index (χ1v) is 11.2. The highest BCUT2D eigenvalue weighted by Crippen LogP contribution is 2.36. The molecule has 0 heterocycles. The molecule has 0 saturated carbocycles. The van der Waals surface area contributed by atoms with Gasteiger partial charge in [-0.3, -0.25) is 0 Å². The number of carbonyl (C=O) groups is 1. The monoisotopic (exact) mass is 388 g/mol. The van der Waals surface area contributed by atoms with Crippen molar-refractivity contribution in [1.29, 1.82) is 0 Å². The molecule has 22 heavy (non-hydrogen) atoms. The van der Waals surface area contributed by atoms with Crippen LogP contribution in [-0.4, -0.2) is 26.2 Å². The lowest BCUT2D eigenvalue weighted by atomic mass is 10.0. The minimum Gasteiger partial charge on any atom is -0.478 e. The van der Waals surface area contributed by atoms with Crippen molar-refractivity contribution in [2.24, 2.45) is 0 Å². The number of carboxylic acids is 1. The molecule has 0 atom stereocenters. The molecule has 0 aliphatic rings. The van der Waals surface area contributed by atoms with Gasteiger partial charge in [-0.1, -0.05) is 42.8 Å². The van der Waals surface area contributed by atoms with Crippen molar-refractivity contribution >= 4 is 30.2 Å². The molecule has 6 heteroatoms. The van der Waals surface area contributed by atoms with Crippen LogP contribution in [0.1, 0.15) is 42.3 Å². The zero-order valence-corrected chi connectivity index (χ0v) is 16.7. The Morgan fingerprint density at radius 2 is 1.91 bits per heavy atom. The molecule has 1 aromatic rings. The standard InChI is InChI=1S/C16H25BrO4Si/c1-11-7-8-13(12(9-17)14(11)15(18)19)20-10-21-22(5,6)16(2,3)4/h7-8H,9-10H2,1-6H3,(H,18,19). The van der Waals surface area contributed by atoms with E-state index in [0.29, 0.717) is 22.2 Å². The molecule has 0 aromatic heterocycles. The second-order valence-corrected chi connectivity index (χ2v) is 12.2. The SMILES string of the molecule is Cc1ccc(OCO[Si](C)(C)C(C)(C)C)c(CBr)c1C(=O)O. The smallest absolute Gasteiger partial charge is 0.336 e. The van der Waals surface area contributed by atoms with Crippen LogP contribution in [0.4, 0.5) is 0 Å². The third kappa shape index (κ3) is 4.33. The van der Waals surface area contributed by atoms with Gasteiger partial charge in [0.25, 0.3) is 0 Å². The Morgan fingerprint density at radius 1 is 1.32 bits per heavy atom. The zero-order valence-electron chi connectivity index (χ0n) is 14.1. The van der Waals surface area contributed by atoms with Gasteiger partial charge in [-0.2, -0.15) is 0 Å². The van der Waals surface area contributed by atoms with E-state index in [1.807, 2.05) is 0 Å². The molecule has 0 bridgehead atoms. The van der Waals surface area contributed by atoms with Gasteiger partial charge >= 0.3 is 5.97 Å². The van der Waals surface area contributed by atoms with E-state index in [4.69, 9.17) is 9.16 Å². The van der Waals surface area contributed by atoms with Crippen molar-refractivity contribution in [1.82, 2.24) is 0 Å². The van der Waals surface area contributed by atoms with Crippen molar-refractivity contribution in [3.8, 4) is 5.75 Å². The van der Waals surface area contributed by atoms with E-state index < -0.39 is 14.3 Å². The van der Waals surface area contributed by atoms with Gasteiger partial charge < -0.3 is 14.3 Å². The van der Waals surface area contributed by atoms with E-state index in [9.17, 15) is 9.90 Å². The normalized spacial score (nSPS) is 12.3. The van der Waals surface area contributed by atoms with Gasteiger partial charge in [0.1, 0.15) is 5.75 Å². The van der Waals surface area contributed by atoms with Crippen LogP contribution in [0.3, 0.4) is 0 Å². The number of halogens is 1. The van der Waals surface area contributed by atoms with Crippen molar-refractivity contribution < 1.29 is 19.1 Å². The number of benzene rings is 1. The predicted octanol–water partition coefficient (Wildman–Crippen LogP) is 4.95. The molecule has 0 aliphatic heterocycles. The Hall–Kier alpha value is -0.853. The lowest BCUT2D eigenvalue weighted by Gasteiger charge is -2.35. The number of rotatable bonds is 6. The van der Waals surface area contributed by atoms with Crippen LogP contribution in [0.25, 0.3) is 0 Å². The number of aromatic carboxylic acids is 1. The van der Waals surface area contributed by atoms with Gasteiger partial charge in [-0.25, -0.2) is 4.79 Å². The molecule has 1 N–H and O–H groups in total. The molecular formula is C16H25BrO4Si. The van der Waals surface area contributed by atoms with E-state index in [2.05, 4.69) is 49.8 Å². The van der Waals surface area contributed by atoms with Crippen LogP contribution in [0, 0.1) is 6.92 Å². The molecule has 0 unspecified atom stereocenters. The largest absolute Gasteiger partial charge is 0.478 e. The summed E-state index contributed by atoms with van der Waals surface area (Å²) in [5.41, 5.74) is 1.66. The fourth-order valence-corrected chi connectivity index (χ4v) is 3.11. The van der Waals surface area contributed by atoms with Gasteiger partial charge in [0.2, 0.25) is 0 Å². The summed E-state index contributed by atoms with van der Waals surface area (Å²) in [6.07, 6.45) is 0. The summed E-state index contributed by atoms with van der Waals surface area (Å²) in [6.45, 7) is 12.7. The van der Waals surface area contributed by atoms with Crippen molar-refractivity contribution in [2.45, 2.75) is 51.2 Å². The number of hydrogen-bond donors (Lipinski definition) is 1.